The molecule has 0 aliphatic rings. The van der Waals surface area contributed by atoms with Gasteiger partial charge in [-0.3, -0.25) is 9.59 Å². The van der Waals surface area contributed by atoms with Gasteiger partial charge in [-0.05, 0) is 66.0 Å². The average Bonchev–Trinajstić information content (AvgIpc) is 2.45. The first-order valence-electron chi connectivity index (χ1n) is 7.14. The van der Waals surface area contributed by atoms with Crippen LogP contribution in [0.5, 0.6) is 0 Å². The molecule has 0 spiro atoms. The molecule has 0 aliphatic carbocycles. The Hall–Kier alpha value is 0.930. The van der Waals surface area contributed by atoms with Crippen molar-refractivity contribution in [3.05, 3.63) is 0 Å². The molecule has 0 aromatic carbocycles. The molecule has 5 nitrogen and oxygen atoms in total. The van der Waals surface area contributed by atoms with Crippen LogP contribution in [0.25, 0.3) is 0 Å². The van der Waals surface area contributed by atoms with Gasteiger partial charge in [0.1, 0.15) is 18.8 Å². The van der Waals surface area contributed by atoms with E-state index in [1.165, 1.54) is 46.2 Å². The number of hydrogen-bond donors (Lipinski definition) is 3. The van der Waals surface area contributed by atoms with E-state index in [-0.39, 0.29) is 36.9 Å². The van der Waals surface area contributed by atoms with Crippen molar-refractivity contribution >= 4 is 150 Å². The molecule has 2 N–H and O–H groups in total. The molecular formula is C19H40Cl3O5S7+. The molecule has 0 fully saturated rings. The van der Waals surface area contributed by atoms with Crippen LogP contribution in [0.15, 0.2) is 0 Å². The monoisotopic (exact) mass is 677 g/mol. The minimum absolute atomic E-state index is 0. The summed E-state index contributed by atoms with van der Waals surface area (Å²) >= 11 is 36.9. The number of hydrogen-bond acceptors (Lipinski definition) is 9. The molecule has 0 aromatic heterocycles. The fraction of sp³-hybridized carbons (Fsp3) is 0.684. The van der Waals surface area contributed by atoms with Crippen LogP contribution >= 0.6 is 120 Å². The molecule has 34 heavy (non-hydrogen) atoms. The second kappa shape index (κ2) is 36.1. The first-order chi connectivity index (χ1) is 13.3. The van der Waals surface area contributed by atoms with Gasteiger partial charge in [0, 0.05) is 9.01 Å². The van der Waals surface area contributed by atoms with Crippen LogP contribution in [0.2, 0.25) is 0 Å². The largest absolute Gasteiger partial charge is 1.00 e. The minimum Gasteiger partial charge on any atom is -0.480 e. The molecule has 0 saturated carbocycles. The van der Waals surface area contributed by atoms with Crippen LogP contribution in [-0.2, 0) is 14.4 Å². The van der Waals surface area contributed by atoms with Crippen molar-refractivity contribution < 1.29 is 26.0 Å². The van der Waals surface area contributed by atoms with E-state index < -0.39 is 25.7 Å². The molecular weight excluding hydrogens is 639 g/mol. The fourth-order valence-electron chi connectivity index (χ4n) is 0.525. The molecule has 0 saturated heterocycles. The lowest BCUT2D eigenvalue weighted by molar-refractivity contribution is -0.139. The van der Waals surface area contributed by atoms with Crippen LogP contribution in [0.4, 0.5) is 0 Å². The standard InChI is InChI=1S/C9H14O4S3.C3H6O.CHCl3.CH2S2.CS2.4CH4/c1-8(2,5(10)11)15-7(14)16-9(3,4)6(12)13;1-3(2)4;2-1(3)4;2*2-1-3;;;;/h1-4H3,(H,10,11)(H,12,13);1-2H3;1H;1H,(H,2,3);;4*1H4/p+1. The molecule has 15 heteroatoms. The first-order valence-corrected chi connectivity index (χ1v) is 12.3. The molecule has 208 valence electrons. The predicted octanol–water partition coefficient (Wildman–Crippen LogP) is 9.59. The Bertz CT molecular complexity index is 552. The highest BCUT2D eigenvalue weighted by Gasteiger charge is 2.34. The van der Waals surface area contributed by atoms with Crippen molar-refractivity contribution in [3.63, 3.8) is 0 Å². The summed E-state index contributed by atoms with van der Waals surface area (Å²) in [6.45, 7) is 9.17. The Morgan fingerprint density at radius 3 is 1.12 bits per heavy atom. The van der Waals surface area contributed by atoms with E-state index in [1.807, 2.05) is 4.31 Å². The second-order valence-corrected chi connectivity index (χ2v) is 13.4. The zero-order chi connectivity index (χ0) is 25.7. The Labute approximate surface area is 259 Å². The number of thiocarbonyl (C=S) groups is 4. The van der Waals surface area contributed by atoms with E-state index in [2.05, 4.69) is 49.3 Å². The number of carboxylic acid groups (broad SMARTS) is 2. The zero-order valence-corrected chi connectivity index (χ0v) is 24.9. The minimum atomic E-state index is -1.04. The quantitative estimate of drug-likeness (QED) is 0.151. The van der Waals surface area contributed by atoms with Gasteiger partial charge in [-0.15, -0.1) is 12.6 Å². The van der Waals surface area contributed by atoms with Crippen LogP contribution in [0, 0.1) is 0 Å². The topological polar surface area (TPSA) is 91.7 Å². The zero-order valence-electron chi connectivity index (χ0n) is 17.8. The number of thioether (sulfide) groups is 2. The van der Waals surface area contributed by atoms with E-state index in [0.717, 1.165) is 23.5 Å². The first kappa shape index (κ1) is 59.8. The van der Waals surface area contributed by atoms with Crippen LogP contribution in [-0.4, -0.2) is 54.3 Å². The van der Waals surface area contributed by atoms with E-state index in [4.69, 9.17) is 57.2 Å². The number of Topliss-reactive ketones (excluding diaryl/α,β-unsaturated/α-hetero) is 1. The molecule has 0 atom stereocenters. The normalized spacial score (nSPS) is 8.21. The number of aliphatic carboxylic acids is 2. The molecule has 0 aromatic rings. The maximum Gasteiger partial charge on any atom is 1.00 e. The Kier molecular flexibility index (Phi) is 63.5. The van der Waals surface area contributed by atoms with Crippen LogP contribution in [0.3, 0.4) is 0 Å². The maximum atomic E-state index is 10.8. The van der Waals surface area contributed by atoms with Gasteiger partial charge in [0.2, 0.25) is 0 Å². The number of halogens is 3. The van der Waals surface area contributed by atoms with Crippen LogP contribution < -0.4 is 0 Å². The summed E-state index contributed by atoms with van der Waals surface area (Å²) in [5.41, 5.74) is 0. The summed E-state index contributed by atoms with van der Waals surface area (Å²) < 4.78 is 0.678. The van der Waals surface area contributed by atoms with Gasteiger partial charge in [-0.25, -0.2) is 0 Å². The number of carboxylic acids is 2. The lowest BCUT2D eigenvalue weighted by Crippen LogP contribution is -2.31. The van der Waals surface area contributed by atoms with Gasteiger partial charge in [-0.1, -0.05) is 112 Å². The highest BCUT2D eigenvalue weighted by Crippen LogP contribution is 2.36. The van der Waals surface area contributed by atoms with E-state index in [0.29, 0.717) is 3.53 Å². The molecule has 0 unspecified atom stereocenters. The van der Waals surface area contributed by atoms with E-state index >= 15 is 0 Å². The Balaban J connectivity index is -0.0000000346. The highest BCUT2D eigenvalue weighted by atomic mass is 35.6. The summed E-state index contributed by atoms with van der Waals surface area (Å²) in [5.74, 6) is -1.79. The summed E-state index contributed by atoms with van der Waals surface area (Å²) in [6.07, 6.45) is 0. The second-order valence-electron chi connectivity index (χ2n) is 5.43. The average molecular weight is 679 g/mol. The van der Waals surface area contributed by atoms with Crippen LogP contribution in [0.1, 0.15) is 72.7 Å². The predicted molar refractivity (Wildman–Crippen MR) is 180 cm³/mol. The SMILES string of the molecule is C.C.C.C.CC(C)(SC(=S)SC(C)(C)C(=O)O)C(=O)O.CC(C)=O.ClC(Cl)Cl.S=C=S.S=CS.[H+]. The summed E-state index contributed by atoms with van der Waals surface area (Å²) in [4.78, 5) is 31.1. The van der Waals surface area contributed by atoms with E-state index in [1.54, 1.807) is 0 Å². The van der Waals surface area contributed by atoms with Crippen molar-refractivity contribution in [2.75, 3.05) is 0 Å². The number of thiol groups is 1. The van der Waals surface area contributed by atoms with Gasteiger partial charge < -0.3 is 15.0 Å². The lowest BCUT2D eigenvalue weighted by Gasteiger charge is -2.22. The molecule has 0 radical (unpaired) electrons. The smallest absolute Gasteiger partial charge is 0.480 e. The van der Waals surface area contributed by atoms with Gasteiger partial charge in [0.15, 0.2) is 4.30 Å². The van der Waals surface area contributed by atoms with Gasteiger partial charge in [0.25, 0.3) is 0 Å². The van der Waals surface area contributed by atoms with E-state index in [9.17, 15) is 14.4 Å². The lowest BCUT2D eigenvalue weighted by atomic mass is 10.2. The molecule has 0 amide bonds. The number of ketones is 1. The number of rotatable bonds is 4. The third-order valence-corrected chi connectivity index (χ3v) is 4.41. The maximum absolute atomic E-state index is 10.8. The summed E-state index contributed by atoms with van der Waals surface area (Å²) in [7, 11) is 0. The summed E-state index contributed by atoms with van der Waals surface area (Å²) in [5, 5.41) is 17.8. The van der Waals surface area contributed by atoms with Crippen molar-refractivity contribution in [1.29, 1.82) is 0 Å². The van der Waals surface area contributed by atoms with Gasteiger partial charge in [-0.2, -0.15) is 0 Å². The third-order valence-electron chi connectivity index (χ3n) is 1.71. The van der Waals surface area contributed by atoms with Gasteiger partial charge in [0.05, 0.1) is 0 Å². The fourth-order valence-corrected chi connectivity index (χ4v) is 4.20. The molecule has 0 heterocycles. The summed E-state index contributed by atoms with van der Waals surface area (Å²) in [6, 6.07) is 0. The Morgan fingerprint density at radius 2 is 1.03 bits per heavy atom. The molecule has 0 bridgehead atoms. The number of alkyl halides is 3. The van der Waals surface area contributed by atoms with Crippen molar-refractivity contribution in [1.82, 2.24) is 0 Å². The number of carbonyl (C=O) groups excluding carboxylic acids is 1. The highest BCUT2D eigenvalue weighted by molar-refractivity contribution is 8.48. The molecule has 0 aliphatic heterocycles. The van der Waals surface area contributed by atoms with Gasteiger partial charge >= 0.3 is 13.4 Å². The molecule has 0 rings (SSSR count). The van der Waals surface area contributed by atoms with Crippen molar-refractivity contribution in [2.24, 2.45) is 0 Å². The Morgan fingerprint density at radius 1 is 0.912 bits per heavy atom. The van der Waals surface area contributed by atoms with Crippen molar-refractivity contribution in [3.8, 4) is 0 Å². The van der Waals surface area contributed by atoms with Crippen molar-refractivity contribution in [2.45, 2.75) is 85.0 Å². The number of carbonyl (C=O) groups is 3. The third kappa shape index (κ3) is 63.9.